The summed E-state index contributed by atoms with van der Waals surface area (Å²) in [5.41, 5.74) is -0.535. The van der Waals surface area contributed by atoms with Gasteiger partial charge in [-0.05, 0) is 6.07 Å². The van der Waals surface area contributed by atoms with Crippen LogP contribution < -0.4 is 5.43 Å². The van der Waals surface area contributed by atoms with Crippen LogP contribution in [-0.4, -0.2) is 31.3 Å². The van der Waals surface area contributed by atoms with E-state index in [1.807, 2.05) is 0 Å². The number of nitrogens with zero attached hydrogens (tertiary/aromatic N) is 1. The van der Waals surface area contributed by atoms with Gasteiger partial charge in [0.05, 0.1) is 17.6 Å². The predicted octanol–water partition coefficient (Wildman–Crippen LogP) is 0.546. The summed E-state index contributed by atoms with van der Waals surface area (Å²) in [4.78, 5) is 28.5. The Balaban J connectivity index is 2.57. The van der Waals surface area contributed by atoms with E-state index in [0.717, 1.165) is 24.5 Å². The number of carboxylic acid groups (broad SMARTS) is 1. The van der Waals surface area contributed by atoms with Gasteiger partial charge < -0.3 is 20.3 Å². The van der Waals surface area contributed by atoms with Gasteiger partial charge in [0.25, 0.3) is 0 Å². The maximum Gasteiger partial charge on any atom is 0.339 e. The molecule has 0 saturated heterocycles. The highest BCUT2D eigenvalue weighted by Gasteiger charge is 2.13. The van der Waals surface area contributed by atoms with Crippen LogP contribution in [0.5, 0.6) is 11.5 Å². The Morgan fingerprint density at radius 1 is 1.22 bits per heavy atom. The van der Waals surface area contributed by atoms with Crippen LogP contribution in [0, 0.1) is 0 Å². The molecule has 92 valence electrons. The molecule has 0 atom stereocenters. The number of aromatic carboxylic acids is 1. The van der Waals surface area contributed by atoms with E-state index in [1.165, 1.54) is 0 Å². The van der Waals surface area contributed by atoms with E-state index in [0.29, 0.717) is 0 Å². The van der Waals surface area contributed by atoms with Gasteiger partial charge in [-0.15, -0.1) is 0 Å². The molecule has 2 heterocycles. The minimum Gasteiger partial charge on any atom is -0.505 e. The first-order valence-corrected chi connectivity index (χ1v) is 4.83. The van der Waals surface area contributed by atoms with Gasteiger partial charge in [-0.2, -0.15) is 0 Å². The lowest BCUT2D eigenvalue weighted by Crippen LogP contribution is -2.03. The molecule has 7 heteroatoms. The van der Waals surface area contributed by atoms with Crippen molar-refractivity contribution in [3.05, 3.63) is 40.3 Å². The molecule has 0 aliphatic heterocycles. The normalized spacial score (nSPS) is 10.2. The van der Waals surface area contributed by atoms with Gasteiger partial charge in [0.15, 0.2) is 5.75 Å². The fourth-order valence-corrected chi connectivity index (χ4v) is 1.38. The minimum absolute atomic E-state index is 0.169. The molecule has 18 heavy (non-hydrogen) atoms. The Hall–Kier alpha value is -2.83. The highest BCUT2D eigenvalue weighted by Crippen LogP contribution is 2.21. The average molecular weight is 248 g/mol. The fraction of sp³-hybridized carbons (Fsp3) is 0. The molecule has 2 rings (SSSR count). The molecule has 0 aliphatic rings. The van der Waals surface area contributed by atoms with Gasteiger partial charge in [-0.25, -0.2) is 4.79 Å². The van der Waals surface area contributed by atoms with Crippen molar-refractivity contribution in [1.29, 1.82) is 0 Å². The Kier molecular flexibility index (Phi) is 2.72. The summed E-state index contributed by atoms with van der Waals surface area (Å²) < 4.78 is 0. The number of rotatable bonds is 2. The lowest BCUT2D eigenvalue weighted by Gasteiger charge is -2.04. The molecule has 0 aromatic carbocycles. The third-order valence-electron chi connectivity index (χ3n) is 2.28. The Morgan fingerprint density at radius 3 is 2.56 bits per heavy atom. The van der Waals surface area contributed by atoms with Gasteiger partial charge in [-0.1, -0.05) is 0 Å². The van der Waals surface area contributed by atoms with Crippen molar-refractivity contribution in [3.63, 3.8) is 0 Å². The molecule has 0 radical (unpaired) electrons. The Morgan fingerprint density at radius 2 is 1.94 bits per heavy atom. The number of aromatic amines is 1. The summed E-state index contributed by atoms with van der Waals surface area (Å²) in [6.07, 6.45) is 2.05. The second-order valence-corrected chi connectivity index (χ2v) is 3.49. The van der Waals surface area contributed by atoms with Crippen LogP contribution in [0.3, 0.4) is 0 Å². The van der Waals surface area contributed by atoms with E-state index in [9.17, 15) is 14.7 Å². The van der Waals surface area contributed by atoms with E-state index >= 15 is 0 Å². The van der Waals surface area contributed by atoms with Crippen LogP contribution in [0.15, 0.2) is 29.3 Å². The topological polar surface area (TPSA) is 124 Å². The minimum atomic E-state index is -1.31. The zero-order valence-electron chi connectivity index (χ0n) is 8.91. The fourth-order valence-electron chi connectivity index (χ4n) is 1.38. The number of aromatic hydroxyl groups is 2. The predicted molar refractivity (Wildman–Crippen MR) is 60.6 cm³/mol. The quantitative estimate of drug-likeness (QED) is 0.615. The number of pyridine rings is 2. The second-order valence-electron chi connectivity index (χ2n) is 3.49. The first kappa shape index (κ1) is 11.6. The van der Waals surface area contributed by atoms with Crippen molar-refractivity contribution < 1.29 is 20.1 Å². The number of nitrogens with one attached hydrogen (secondary N) is 1. The number of aromatic nitrogens is 2. The van der Waals surface area contributed by atoms with Gasteiger partial charge in [0, 0.05) is 12.3 Å². The van der Waals surface area contributed by atoms with E-state index in [-0.39, 0.29) is 17.0 Å². The number of hydrogen-bond donors (Lipinski definition) is 4. The standard InChI is InChI=1S/C11H8N2O5/c14-8-2-7(13-4-10(8)16)6-1-5(11(17)18)9(15)3-12-6/h1-4,15-16H,(H,13,14)(H,17,18). The number of carbonyl (C=O) groups is 1. The van der Waals surface area contributed by atoms with Crippen LogP contribution in [0.4, 0.5) is 0 Å². The number of H-pyrrole nitrogens is 1. The van der Waals surface area contributed by atoms with E-state index in [1.54, 1.807) is 0 Å². The van der Waals surface area contributed by atoms with Crippen LogP contribution in [-0.2, 0) is 0 Å². The highest BCUT2D eigenvalue weighted by molar-refractivity contribution is 5.91. The van der Waals surface area contributed by atoms with Gasteiger partial charge >= 0.3 is 5.97 Å². The highest BCUT2D eigenvalue weighted by atomic mass is 16.4. The van der Waals surface area contributed by atoms with Crippen LogP contribution in [0.25, 0.3) is 11.4 Å². The molecule has 2 aromatic rings. The lowest BCUT2D eigenvalue weighted by atomic mass is 10.1. The summed E-state index contributed by atoms with van der Waals surface area (Å²) in [6, 6.07) is 2.21. The Bertz CT molecular complexity index is 677. The number of carboxylic acids is 1. The first-order valence-electron chi connectivity index (χ1n) is 4.83. The Labute approximate surface area is 100.0 Å². The molecule has 7 nitrogen and oxygen atoms in total. The SMILES string of the molecule is O=C(O)c1cc(-c2cc(=O)c(O)c[nH]2)ncc1O. The zero-order valence-corrected chi connectivity index (χ0v) is 8.91. The van der Waals surface area contributed by atoms with Gasteiger partial charge in [0.2, 0.25) is 5.43 Å². The number of hydrogen-bond acceptors (Lipinski definition) is 5. The largest absolute Gasteiger partial charge is 0.505 e. The first-order chi connectivity index (χ1) is 8.49. The van der Waals surface area contributed by atoms with Crippen LogP contribution in [0.2, 0.25) is 0 Å². The van der Waals surface area contributed by atoms with Crippen molar-refractivity contribution in [1.82, 2.24) is 9.97 Å². The molecule has 0 bridgehead atoms. The molecule has 4 N–H and O–H groups in total. The third kappa shape index (κ3) is 2.01. The van der Waals surface area contributed by atoms with Crippen molar-refractivity contribution in [2.75, 3.05) is 0 Å². The summed E-state index contributed by atoms with van der Waals surface area (Å²) in [6.45, 7) is 0. The van der Waals surface area contributed by atoms with Gasteiger partial charge in [0.1, 0.15) is 11.3 Å². The van der Waals surface area contributed by atoms with E-state index in [2.05, 4.69) is 9.97 Å². The molecule has 0 fully saturated rings. The lowest BCUT2D eigenvalue weighted by molar-refractivity contribution is 0.0693. The monoisotopic (exact) mass is 248 g/mol. The van der Waals surface area contributed by atoms with Crippen LogP contribution in [0.1, 0.15) is 10.4 Å². The zero-order chi connectivity index (χ0) is 13.3. The molecule has 0 spiro atoms. The maximum absolute atomic E-state index is 11.2. The van der Waals surface area contributed by atoms with Crippen molar-refractivity contribution >= 4 is 5.97 Å². The molecular weight excluding hydrogens is 240 g/mol. The van der Waals surface area contributed by atoms with Crippen molar-refractivity contribution in [3.8, 4) is 22.9 Å². The van der Waals surface area contributed by atoms with Crippen molar-refractivity contribution in [2.45, 2.75) is 0 Å². The van der Waals surface area contributed by atoms with Gasteiger partial charge in [-0.3, -0.25) is 9.78 Å². The molecule has 0 unspecified atom stereocenters. The third-order valence-corrected chi connectivity index (χ3v) is 2.28. The molecule has 0 aliphatic carbocycles. The molecule has 0 amide bonds. The summed E-state index contributed by atoms with van der Waals surface area (Å²) in [7, 11) is 0. The van der Waals surface area contributed by atoms with E-state index in [4.69, 9.17) is 10.2 Å². The average Bonchev–Trinajstić information content (AvgIpc) is 2.33. The van der Waals surface area contributed by atoms with Crippen LogP contribution >= 0.6 is 0 Å². The summed E-state index contributed by atoms with van der Waals surface area (Å²) in [5, 5.41) is 27.2. The van der Waals surface area contributed by atoms with E-state index < -0.39 is 22.9 Å². The smallest absolute Gasteiger partial charge is 0.339 e. The van der Waals surface area contributed by atoms with Crippen molar-refractivity contribution in [2.24, 2.45) is 0 Å². The summed E-state index contributed by atoms with van der Waals surface area (Å²) >= 11 is 0. The summed E-state index contributed by atoms with van der Waals surface area (Å²) in [5.74, 6) is -2.22. The molecule has 0 saturated carbocycles. The second kappa shape index (κ2) is 4.21. The molecule has 2 aromatic heterocycles. The maximum atomic E-state index is 11.2. The molecular formula is C11H8N2O5.